The molecule has 8 aromatic rings. The van der Waals surface area contributed by atoms with E-state index in [2.05, 4.69) is 66.3 Å². The third-order valence-electron chi connectivity index (χ3n) is 8.46. The van der Waals surface area contributed by atoms with Gasteiger partial charge in [0.1, 0.15) is 6.07 Å². The van der Waals surface area contributed by atoms with E-state index in [0.29, 0.717) is 27.9 Å². The number of nitrogens with zero attached hydrogens (tertiary/aromatic N) is 7. The van der Waals surface area contributed by atoms with Crippen LogP contribution in [-0.4, -0.2) is 14.1 Å². The van der Waals surface area contributed by atoms with Gasteiger partial charge in [-0.25, -0.2) is 9.69 Å². The number of fused-ring (bicyclic) bond motifs is 6. The number of hydrogen-bond acceptors (Lipinski definition) is 3. The summed E-state index contributed by atoms with van der Waals surface area (Å²) in [5, 5.41) is 23.7. The molecule has 0 amide bonds. The predicted octanol–water partition coefficient (Wildman–Crippen LogP) is 9.79. The monoisotopic (exact) mass is 585 g/mol. The van der Waals surface area contributed by atoms with Crippen LogP contribution in [0.2, 0.25) is 0 Å². The Labute approximate surface area is 263 Å². The molecule has 46 heavy (non-hydrogen) atoms. The summed E-state index contributed by atoms with van der Waals surface area (Å²) in [5.74, 6) is 0. The van der Waals surface area contributed by atoms with Gasteiger partial charge in [-0.3, -0.25) is 4.98 Å². The van der Waals surface area contributed by atoms with Crippen LogP contribution in [0, 0.1) is 35.8 Å². The van der Waals surface area contributed by atoms with Gasteiger partial charge in [0.15, 0.2) is 5.69 Å². The lowest BCUT2D eigenvalue weighted by Crippen LogP contribution is -2.01. The van der Waals surface area contributed by atoms with E-state index >= 15 is 0 Å². The van der Waals surface area contributed by atoms with Crippen LogP contribution in [0.4, 0.5) is 11.4 Å². The van der Waals surface area contributed by atoms with Gasteiger partial charge >= 0.3 is 0 Å². The van der Waals surface area contributed by atoms with Crippen molar-refractivity contribution in [1.29, 1.82) is 10.5 Å². The standard InChI is InChI=1S/C39H19N7/c1-42-27-12-14-38-33(18-27)31-8-4-6-10-36(31)46(38)29-17-25(39-26(21-41)22-44-23-34(39)43-2)16-28(19-29)45-35-9-5-3-7-30(35)32-15-24(20-40)11-13-37(32)45/h3-19,22-23H. The Balaban J connectivity index is 1.54. The topological polar surface area (TPSA) is 79.0 Å². The number of para-hydroxylation sites is 2. The first-order valence-electron chi connectivity index (χ1n) is 14.4. The summed E-state index contributed by atoms with van der Waals surface area (Å²) in [7, 11) is 0. The summed E-state index contributed by atoms with van der Waals surface area (Å²) in [5.41, 5.74) is 8.35. The van der Waals surface area contributed by atoms with E-state index in [1.807, 2.05) is 72.8 Å². The smallest absolute Gasteiger partial charge is 0.214 e. The molecule has 3 aromatic heterocycles. The van der Waals surface area contributed by atoms with Crippen LogP contribution in [0.3, 0.4) is 0 Å². The number of hydrogen-bond donors (Lipinski definition) is 0. The quantitative estimate of drug-likeness (QED) is 0.194. The maximum Gasteiger partial charge on any atom is 0.214 e. The van der Waals surface area contributed by atoms with Crippen molar-refractivity contribution in [3.8, 4) is 34.6 Å². The van der Waals surface area contributed by atoms with Crippen LogP contribution in [-0.2, 0) is 0 Å². The van der Waals surface area contributed by atoms with Crippen molar-refractivity contribution in [3.05, 3.63) is 149 Å². The van der Waals surface area contributed by atoms with Crippen molar-refractivity contribution in [2.75, 3.05) is 0 Å². The third kappa shape index (κ3) is 3.84. The van der Waals surface area contributed by atoms with Crippen LogP contribution in [0.15, 0.2) is 116 Å². The zero-order valence-electron chi connectivity index (χ0n) is 24.1. The van der Waals surface area contributed by atoms with Crippen molar-refractivity contribution in [3.63, 3.8) is 0 Å². The van der Waals surface area contributed by atoms with Gasteiger partial charge in [-0.15, -0.1) is 0 Å². The number of rotatable bonds is 3. The second kappa shape index (κ2) is 10.2. The molecule has 0 N–H and O–H groups in total. The molecule has 0 saturated carbocycles. The maximum atomic E-state index is 10.1. The lowest BCUT2D eigenvalue weighted by molar-refractivity contribution is 1.13. The lowest BCUT2D eigenvalue weighted by Gasteiger charge is -2.17. The van der Waals surface area contributed by atoms with Crippen LogP contribution in [0.5, 0.6) is 0 Å². The Bertz CT molecular complexity index is 2570. The van der Waals surface area contributed by atoms with Crippen LogP contribution in [0.25, 0.3) is 75.8 Å². The van der Waals surface area contributed by atoms with Crippen LogP contribution >= 0.6 is 0 Å². The summed E-state index contributed by atoms with van der Waals surface area (Å²) < 4.78 is 4.33. The molecule has 5 aromatic carbocycles. The number of pyridine rings is 1. The highest BCUT2D eigenvalue weighted by atomic mass is 15.0. The Hall–Kier alpha value is -7.19. The summed E-state index contributed by atoms with van der Waals surface area (Å²) >= 11 is 0. The molecule has 0 aliphatic heterocycles. The Kier molecular flexibility index (Phi) is 5.87. The Morgan fingerprint density at radius 2 is 1.20 bits per heavy atom. The Morgan fingerprint density at radius 1 is 0.587 bits per heavy atom. The molecule has 210 valence electrons. The van der Waals surface area contributed by atoms with Crippen molar-refractivity contribution >= 4 is 55.0 Å². The first kappa shape index (κ1) is 26.4. The first-order chi connectivity index (χ1) is 22.6. The molecule has 7 nitrogen and oxygen atoms in total. The zero-order valence-corrected chi connectivity index (χ0v) is 24.1. The van der Waals surface area contributed by atoms with E-state index in [-0.39, 0.29) is 5.69 Å². The molecule has 0 radical (unpaired) electrons. The molecule has 0 fully saturated rings. The number of nitriles is 2. The summed E-state index contributed by atoms with van der Waals surface area (Å²) in [6.07, 6.45) is 2.98. The van der Waals surface area contributed by atoms with E-state index in [0.717, 1.165) is 55.0 Å². The molecule has 0 bridgehead atoms. The summed E-state index contributed by atoms with van der Waals surface area (Å²) in [4.78, 5) is 11.6. The van der Waals surface area contributed by atoms with Gasteiger partial charge in [-0.2, -0.15) is 10.5 Å². The minimum Gasteiger partial charge on any atom is -0.309 e. The summed E-state index contributed by atoms with van der Waals surface area (Å²) in [6.45, 7) is 15.5. The highest BCUT2D eigenvalue weighted by Crippen LogP contribution is 2.41. The fourth-order valence-corrected chi connectivity index (χ4v) is 6.55. The highest BCUT2D eigenvalue weighted by Gasteiger charge is 2.20. The van der Waals surface area contributed by atoms with E-state index in [4.69, 9.17) is 13.1 Å². The molecule has 0 aliphatic rings. The molecule has 0 unspecified atom stereocenters. The van der Waals surface area contributed by atoms with Gasteiger partial charge in [-0.1, -0.05) is 42.5 Å². The molecule has 0 spiro atoms. The maximum absolute atomic E-state index is 10.1. The van der Waals surface area contributed by atoms with Gasteiger partial charge in [0, 0.05) is 45.5 Å². The van der Waals surface area contributed by atoms with Crippen molar-refractivity contribution in [1.82, 2.24) is 14.1 Å². The van der Waals surface area contributed by atoms with Gasteiger partial charge < -0.3 is 9.13 Å². The van der Waals surface area contributed by atoms with Gasteiger partial charge in [-0.05, 0) is 71.6 Å². The summed E-state index contributed by atoms with van der Waals surface area (Å²) in [6, 6.07) is 38.2. The minimum absolute atomic E-state index is 0.284. The second-order valence-corrected chi connectivity index (χ2v) is 10.9. The van der Waals surface area contributed by atoms with Crippen LogP contribution < -0.4 is 0 Å². The normalized spacial score (nSPS) is 11.0. The number of aromatic nitrogens is 3. The van der Waals surface area contributed by atoms with Gasteiger partial charge in [0.05, 0.1) is 52.4 Å². The number of benzene rings is 5. The zero-order chi connectivity index (χ0) is 31.4. The molecule has 0 atom stereocenters. The van der Waals surface area contributed by atoms with E-state index < -0.39 is 0 Å². The second-order valence-electron chi connectivity index (χ2n) is 10.9. The average molecular weight is 586 g/mol. The van der Waals surface area contributed by atoms with E-state index in [1.165, 1.54) is 12.4 Å². The molecule has 3 heterocycles. The largest absolute Gasteiger partial charge is 0.309 e. The molecule has 0 saturated heterocycles. The SMILES string of the molecule is [C-]#[N+]c1ccc2c(c1)c1ccccc1n2-c1cc(-c2c(C#N)cncc2[N+]#[C-])cc(-n2c3ccccc3c3cc(C#N)ccc32)c1. The van der Waals surface area contributed by atoms with E-state index in [9.17, 15) is 10.5 Å². The first-order valence-corrected chi connectivity index (χ1v) is 14.4. The average Bonchev–Trinajstić information content (AvgIpc) is 3.63. The molecular formula is C39H19N7. The third-order valence-corrected chi connectivity index (χ3v) is 8.46. The van der Waals surface area contributed by atoms with Crippen molar-refractivity contribution in [2.45, 2.75) is 0 Å². The molecule has 7 heteroatoms. The highest BCUT2D eigenvalue weighted by molar-refractivity contribution is 6.11. The molecule has 0 aliphatic carbocycles. The van der Waals surface area contributed by atoms with Gasteiger partial charge in [0.25, 0.3) is 0 Å². The van der Waals surface area contributed by atoms with Crippen molar-refractivity contribution < 1.29 is 0 Å². The fourth-order valence-electron chi connectivity index (χ4n) is 6.55. The van der Waals surface area contributed by atoms with Gasteiger partial charge in [0.2, 0.25) is 5.69 Å². The molecular weight excluding hydrogens is 566 g/mol. The van der Waals surface area contributed by atoms with Crippen molar-refractivity contribution in [2.24, 2.45) is 0 Å². The molecule has 8 rings (SSSR count). The Morgan fingerprint density at radius 3 is 1.80 bits per heavy atom. The fraction of sp³-hybridized carbons (Fsp3) is 0. The van der Waals surface area contributed by atoms with E-state index in [1.54, 1.807) is 0 Å². The predicted molar refractivity (Wildman–Crippen MR) is 180 cm³/mol. The van der Waals surface area contributed by atoms with Crippen LogP contribution in [0.1, 0.15) is 11.1 Å². The minimum atomic E-state index is 0.284. The lowest BCUT2D eigenvalue weighted by atomic mass is 9.99.